The van der Waals surface area contributed by atoms with Gasteiger partial charge in [0.15, 0.2) is 0 Å². The lowest BCUT2D eigenvalue weighted by Gasteiger charge is -2.13. The largest absolute Gasteiger partial charge is 0.497 e. The highest BCUT2D eigenvalue weighted by Gasteiger charge is 2.17. The second kappa shape index (κ2) is 7.79. The molecule has 0 aliphatic carbocycles. The van der Waals surface area contributed by atoms with Crippen molar-refractivity contribution in [2.75, 3.05) is 12.4 Å². The van der Waals surface area contributed by atoms with Gasteiger partial charge in [0.25, 0.3) is 11.5 Å². The summed E-state index contributed by atoms with van der Waals surface area (Å²) in [5, 5.41) is 3.10. The molecule has 0 saturated heterocycles. The third kappa shape index (κ3) is 3.53. The lowest BCUT2D eigenvalue weighted by molar-refractivity contribution is 0.102. The maximum absolute atomic E-state index is 14.0. The molecule has 1 aromatic heterocycles. The molecule has 0 fully saturated rings. The molecule has 7 heteroatoms. The van der Waals surface area contributed by atoms with Crippen LogP contribution in [0.25, 0.3) is 16.5 Å². The van der Waals surface area contributed by atoms with Crippen molar-refractivity contribution in [3.8, 4) is 11.4 Å². The zero-order valence-corrected chi connectivity index (χ0v) is 15.9. The van der Waals surface area contributed by atoms with Crippen molar-refractivity contribution in [3.05, 3.63) is 100 Å². The Morgan fingerprint density at radius 2 is 1.73 bits per heavy atom. The van der Waals surface area contributed by atoms with Crippen molar-refractivity contribution in [1.82, 2.24) is 4.57 Å². The van der Waals surface area contributed by atoms with Crippen molar-refractivity contribution >= 4 is 22.4 Å². The van der Waals surface area contributed by atoms with E-state index in [-0.39, 0.29) is 16.8 Å². The summed E-state index contributed by atoms with van der Waals surface area (Å²) >= 11 is 0. The molecule has 0 spiro atoms. The third-order valence-corrected chi connectivity index (χ3v) is 4.68. The number of hydrogen-bond donors (Lipinski definition) is 1. The van der Waals surface area contributed by atoms with E-state index in [2.05, 4.69) is 5.32 Å². The standard InChI is InChI=1S/C23H16F2N2O3/c1-30-16-6-4-5-15(12-16)27-13-19(17-7-2-3-8-18(17)23(27)29)22(28)26-21-11-14(24)9-10-20(21)25/h2-13H,1H3,(H,26,28). The summed E-state index contributed by atoms with van der Waals surface area (Å²) in [4.78, 5) is 26.0. The summed E-state index contributed by atoms with van der Waals surface area (Å²) in [6.45, 7) is 0. The molecule has 0 saturated carbocycles. The fraction of sp³-hybridized carbons (Fsp3) is 0.0435. The molecule has 3 aromatic carbocycles. The Kier molecular flexibility index (Phi) is 5.02. The minimum atomic E-state index is -0.768. The Bertz CT molecular complexity index is 1330. The van der Waals surface area contributed by atoms with Crippen molar-refractivity contribution in [1.29, 1.82) is 0 Å². The van der Waals surface area contributed by atoms with E-state index < -0.39 is 17.5 Å². The highest BCUT2D eigenvalue weighted by atomic mass is 19.1. The number of nitrogens with zero attached hydrogens (tertiary/aromatic N) is 1. The van der Waals surface area contributed by atoms with Crippen LogP contribution in [0.5, 0.6) is 5.75 Å². The smallest absolute Gasteiger partial charge is 0.262 e. The molecule has 0 atom stereocenters. The van der Waals surface area contributed by atoms with Gasteiger partial charge in [0.1, 0.15) is 17.4 Å². The zero-order chi connectivity index (χ0) is 21.3. The van der Waals surface area contributed by atoms with Gasteiger partial charge in [-0.1, -0.05) is 24.3 Å². The van der Waals surface area contributed by atoms with Crippen LogP contribution in [0.4, 0.5) is 14.5 Å². The SMILES string of the molecule is COc1cccc(-n2cc(C(=O)Nc3cc(F)ccc3F)c3ccccc3c2=O)c1. The predicted octanol–water partition coefficient (Wildman–Crippen LogP) is 4.53. The summed E-state index contributed by atoms with van der Waals surface area (Å²) in [6.07, 6.45) is 1.38. The number of ether oxygens (including phenoxy) is 1. The lowest BCUT2D eigenvalue weighted by Crippen LogP contribution is -2.23. The number of carbonyl (C=O) groups excluding carboxylic acids is 1. The van der Waals surface area contributed by atoms with E-state index >= 15 is 0 Å². The number of rotatable bonds is 4. The van der Waals surface area contributed by atoms with E-state index in [9.17, 15) is 18.4 Å². The summed E-state index contributed by atoms with van der Waals surface area (Å²) < 4.78 is 34.0. The van der Waals surface area contributed by atoms with E-state index in [4.69, 9.17) is 4.74 Å². The van der Waals surface area contributed by atoms with Crippen LogP contribution in [-0.4, -0.2) is 17.6 Å². The van der Waals surface area contributed by atoms with Crippen LogP contribution >= 0.6 is 0 Å². The van der Waals surface area contributed by atoms with Gasteiger partial charge >= 0.3 is 0 Å². The van der Waals surface area contributed by atoms with Crippen molar-refractivity contribution in [2.24, 2.45) is 0 Å². The molecule has 1 amide bonds. The number of methoxy groups -OCH3 is 1. The Hall–Kier alpha value is -4.00. The van der Waals surface area contributed by atoms with Crippen LogP contribution in [0.3, 0.4) is 0 Å². The van der Waals surface area contributed by atoms with Crippen LogP contribution in [0.1, 0.15) is 10.4 Å². The molecule has 1 N–H and O–H groups in total. The first-order valence-corrected chi connectivity index (χ1v) is 9.03. The third-order valence-electron chi connectivity index (χ3n) is 4.68. The number of carbonyl (C=O) groups is 1. The van der Waals surface area contributed by atoms with Gasteiger partial charge in [0.05, 0.1) is 24.0 Å². The van der Waals surface area contributed by atoms with Crippen LogP contribution in [0.2, 0.25) is 0 Å². The molecule has 30 heavy (non-hydrogen) atoms. The van der Waals surface area contributed by atoms with Gasteiger partial charge in [0.2, 0.25) is 0 Å². The number of benzene rings is 3. The van der Waals surface area contributed by atoms with Crippen LogP contribution < -0.4 is 15.6 Å². The number of hydrogen-bond acceptors (Lipinski definition) is 3. The molecular weight excluding hydrogens is 390 g/mol. The lowest BCUT2D eigenvalue weighted by atomic mass is 10.1. The Morgan fingerprint density at radius 1 is 0.967 bits per heavy atom. The molecule has 0 bridgehead atoms. The van der Waals surface area contributed by atoms with Gasteiger partial charge in [-0.25, -0.2) is 8.78 Å². The minimum Gasteiger partial charge on any atom is -0.497 e. The second-order valence-electron chi connectivity index (χ2n) is 6.54. The molecule has 1 heterocycles. The first-order valence-electron chi connectivity index (χ1n) is 9.03. The summed E-state index contributed by atoms with van der Waals surface area (Å²) in [6, 6.07) is 16.2. The number of amides is 1. The highest BCUT2D eigenvalue weighted by molar-refractivity contribution is 6.12. The van der Waals surface area contributed by atoms with Gasteiger partial charge in [-0.2, -0.15) is 0 Å². The van der Waals surface area contributed by atoms with Crippen LogP contribution in [0.15, 0.2) is 77.7 Å². The quantitative estimate of drug-likeness (QED) is 0.542. The van der Waals surface area contributed by atoms with Gasteiger partial charge in [-0.3, -0.25) is 14.2 Å². The molecule has 0 aliphatic rings. The fourth-order valence-electron chi connectivity index (χ4n) is 3.21. The van der Waals surface area contributed by atoms with E-state index in [0.29, 0.717) is 22.2 Å². The number of anilines is 1. The fourth-order valence-corrected chi connectivity index (χ4v) is 3.21. The maximum Gasteiger partial charge on any atom is 0.262 e. The average molecular weight is 406 g/mol. The Balaban J connectivity index is 1.88. The van der Waals surface area contributed by atoms with E-state index in [0.717, 1.165) is 18.2 Å². The number of nitrogens with one attached hydrogen (secondary N) is 1. The van der Waals surface area contributed by atoms with Gasteiger partial charge in [-0.15, -0.1) is 0 Å². The van der Waals surface area contributed by atoms with Gasteiger partial charge < -0.3 is 10.1 Å². The number of halogens is 2. The normalized spacial score (nSPS) is 10.8. The van der Waals surface area contributed by atoms with Gasteiger partial charge in [-0.05, 0) is 30.3 Å². The molecule has 150 valence electrons. The Morgan fingerprint density at radius 3 is 2.50 bits per heavy atom. The van der Waals surface area contributed by atoms with Crippen molar-refractivity contribution in [3.63, 3.8) is 0 Å². The first kappa shape index (κ1) is 19.3. The maximum atomic E-state index is 14.0. The number of pyridine rings is 1. The van der Waals surface area contributed by atoms with E-state index in [1.54, 1.807) is 48.5 Å². The average Bonchev–Trinajstić information content (AvgIpc) is 2.76. The second-order valence-corrected chi connectivity index (χ2v) is 6.54. The van der Waals surface area contributed by atoms with Crippen LogP contribution in [-0.2, 0) is 0 Å². The monoisotopic (exact) mass is 406 g/mol. The minimum absolute atomic E-state index is 0.136. The molecular formula is C23H16F2N2O3. The molecule has 0 unspecified atom stereocenters. The van der Waals surface area contributed by atoms with Gasteiger partial charge in [0, 0.05) is 29.1 Å². The summed E-state index contributed by atoms with van der Waals surface area (Å²) in [5.74, 6) is -1.58. The first-order chi connectivity index (χ1) is 14.5. The predicted molar refractivity (Wildman–Crippen MR) is 110 cm³/mol. The Labute approximate surface area is 170 Å². The molecule has 4 rings (SSSR count). The zero-order valence-electron chi connectivity index (χ0n) is 15.9. The summed E-state index contributed by atoms with van der Waals surface area (Å²) in [7, 11) is 1.51. The summed E-state index contributed by atoms with van der Waals surface area (Å²) in [5.41, 5.74) is 0.0170. The molecule has 4 aromatic rings. The molecule has 0 aliphatic heterocycles. The number of aromatic nitrogens is 1. The molecule has 5 nitrogen and oxygen atoms in total. The topological polar surface area (TPSA) is 60.3 Å². The van der Waals surface area contributed by atoms with E-state index in [1.165, 1.54) is 17.9 Å². The highest BCUT2D eigenvalue weighted by Crippen LogP contribution is 2.22. The number of fused-ring (bicyclic) bond motifs is 1. The van der Waals surface area contributed by atoms with E-state index in [1.807, 2.05) is 0 Å². The molecule has 0 radical (unpaired) electrons. The van der Waals surface area contributed by atoms with Crippen LogP contribution in [0, 0.1) is 11.6 Å². The van der Waals surface area contributed by atoms with Crippen molar-refractivity contribution in [2.45, 2.75) is 0 Å². The van der Waals surface area contributed by atoms with Crippen molar-refractivity contribution < 1.29 is 18.3 Å².